The summed E-state index contributed by atoms with van der Waals surface area (Å²) >= 11 is 0. The maximum Gasteiger partial charge on any atom is 0.256 e. The average molecular weight is 342 g/mol. The molecule has 2 rings (SSSR count). The van der Waals surface area contributed by atoms with Crippen molar-refractivity contribution in [3.63, 3.8) is 0 Å². The van der Waals surface area contributed by atoms with Crippen molar-refractivity contribution in [3.05, 3.63) is 60.2 Å². The van der Waals surface area contributed by atoms with Crippen LogP contribution in [0, 0.1) is 0 Å². The molecule has 0 bridgehead atoms. The third kappa shape index (κ3) is 5.04. The first kappa shape index (κ1) is 18.4. The first-order valence-corrected chi connectivity index (χ1v) is 11.9. The second-order valence-electron chi connectivity index (χ2n) is 7.54. The third-order valence-corrected chi connectivity index (χ3v) is 6.31. The molecule has 128 valence electrons. The van der Waals surface area contributed by atoms with Gasteiger partial charge in [0.15, 0.2) is 0 Å². The highest BCUT2D eigenvalue weighted by Crippen LogP contribution is 2.17. The van der Waals surface area contributed by atoms with E-state index in [0.717, 1.165) is 5.56 Å². The molecule has 3 nitrogen and oxygen atoms in total. The number of carbonyl (C=O) groups excluding carboxylic acids is 1. The molecule has 0 unspecified atom stereocenters. The summed E-state index contributed by atoms with van der Waals surface area (Å²) in [4.78, 5) is 12.3. The molecule has 24 heavy (non-hydrogen) atoms. The normalized spacial score (nSPS) is 14.0. The van der Waals surface area contributed by atoms with Crippen molar-refractivity contribution in [3.8, 4) is 0 Å². The van der Waals surface area contributed by atoms with Crippen molar-refractivity contribution in [1.29, 1.82) is 0 Å². The van der Waals surface area contributed by atoms with Gasteiger partial charge in [0.1, 0.15) is 5.60 Å². The van der Waals surface area contributed by atoms with Crippen LogP contribution < -0.4 is 10.5 Å². The first-order valence-electron chi connectivity index (χ1n) is 8.37. The molecule has 2 N–H and O–H groups in total. The van der Waals surface area contributed by atoms with Crippen molar-refractivity contribution in [2.24, 2.45) is 0 Å². The number of carbonyl (C=O) groups is 1. The van der Waals surface area contributed by atoms with Gasteiger partial charge < -0.3 is 10.4 Å². The van der Waals surface area contributed by atoms with Crippen LogP contribution in [0.2, 0.25) is 19.6 Å². The monoisotopic (exact) mass is 341 g/mol. The SMILES string of the molecule is C[C@](O)(CCc1ccc([Si](C)(C)C)cc1)C(=O)Nc1ccccc1. The van der Waals surface area contributed by atoms with E-state index in [1.165, 1.54) is 5.19 Å². The Morgan fingerprint density at radius 3 is 2.17 bits per heavy atom. The largest absolute Gasteiger partial charge is 0.380 e. The summed E-state index contributed by atoms with van der Waals surface area (Å²) in [6.07, 6.45) is 1.05. The van der Waals surface area contributed by atoms with Gasteiger partial charge in [0, 0.05) is 5.69 Å². The lowest BCUT2D eigenvalue weighted by Gasteiger charge is -2.22. The van der Waals surface area contributed by atoms with Crippen molar-refractivity contribution in [2.45, 2.75) is 45.0 Å². The molecule has 0 saturated carbocycles. The molecule has 4 heteroatoms. The lowest BCUT2D eigenvalue weighted by Crippen LogP contribution is -2.40. The van der Waals surface area contributed by atoms with Crippen LogP contribution in [0.4, 0.5) is 5.69 Å². The van der Waals surface area contributed by atoms with Gasteiger partial charge in [0.25, 0.3) is 5.91 Å². The number of benzene rings is 2. The Balaban J connectivity index is 1.95. The summed E-state index contributed by atoms with van der Waals surface area (Å²) in [6, 6.07) is 17.8. The molecule has 1 amide bonds. The van der Waals surface area contributed by atoms with Crippen molar-refractivity contribution in [2.75, 3.05) is 5.32 Å². The highest BCUT2D eigenvalue weighted by atomic mass is 28.3. The van der Waals surface area contributed by atoms with E-state index in [0.29, 0.717) is 18.5 Å². The fourth-order valence-electron chi connectivity index (χ4n) is 2.46. The summed E-state index contributed by atoms with van der Waals surface area (Å²) in [5.41, 5.74) is 0.444. The molecule has 0 radical (unpaired) electrons. The Hall–Kier alpha value is -1.91. The van der Waals surface area contributed by atoms with E-state index in [2.05, 4.69) is 49.2 Å². The van der Waals surface area contributed by atoms with Gasteiger partial charge in [0.05, 0.1) is 8.07 Å². The van der Waals surface area contributed by atoms with E-state index < -0.39 is 13.7 Å². The summed E-state index contributed by atoms with van der Waals surface area (Å²) in [6.45, 7) is 8.53. The van der Waals surface area contributed by atoms with Gasteiger partial charge >= 0.3 is 0 Å². The van der Waals surface area contributed by atoms with Crippen LogP contribution in [0.25, 0.3) is 0 Å². The minimum absolute atomic E-state index is 0.368. The molecule has 0 aliphatic heterocycles. The maximum absolute atomic E-state index is 12.3. The number of para-hydroxylation sites is 1. The van der Waals surface area contributed by atoms with Crippen molar-refractivity contribution < 1.29 is 9.90 Å². The molecule has 2 aromatic carbocycles. The Bertz CT molecular complexity index is 673. The molecule has 0 saturated heterocycles. The topological polar surface area (TPSA) is 49.3 Å². The van der Waals surface area contributed by atoms with Crippen LogP contribution in [0.1, 0.15) is 18.9 Å². The lowest BCUT2D eigenvalue weighted by molar-refractivity contribution is -0.132. The third-order valence-electron chi connectivity index (χ3n) is 4.24. The van der Waals surface area contributed by atoms with Gasteiger partial charge in [0.2, 0.25) is 0 Å². The molecular weight excluding hydrogens is 314 g/mol. The molecule has 0 aliphatic carbocycles. The van der Waals surface area contributed by atoms with Crippen LogP contribution in [0.3, 0.4) is 0 Å². The predicted octanol–water partition coefficient (Wildman–Crippen LogP) is 3.55. The molecule has 1 atom stereocenters. The van der Waals surface area contributed by atoms with E-state index in [9.17, 15) is 9.90 Å². The van der Waals surface area contributed by atoms with Crippen LogP contribution in [-0.4, -0.2) is 24.7 Å². The molecule has 2 aromatic rings. The van der Waals surface area contributed by atoms with Gasteiger partial charge in [-0.25, -0.2) is 0 Å². The number of aliphatic hydroxyl groups is 1. The number of hydrogen-bond donors (Lipinski definition) is 2. The standard InChI is InChI=1S/C20H27NO2Si/c1-20(23,19(22)21-17-8-6-5-7-9-17)15-14-16-10-12-18(13-11-16)24(2,3)4/h5-13,23H,14-15H2,1-4H3,(H,21,22)/t20-/m0/s1. The second-order valence-corrected chi connectivity index (χ2v) is 12.6. The zero-order valence-corrected chi connectivity index (χ0v) is 16.0. The quantitative estimate of drug-likeness (QED) is 0.789. The molecule has 0 fully saturated rings. The Kier molecular flexibility index (Phi) is 5.62. The Labute approximate surface area is 145 Å². The number of rotatable bonds is 6. The van der Waals surface area contributed by atoms with E-state index >= 15 is 0 Å². The number of nitrogens with one attached hydrogen (secondary N) is 1. The number of amides is 1. The summed E-state index contributed by atoms with van der Waals surface area (Å²) in [5, 5.41) is 14.7. The van der Waals surface area contributed by atoms with Crippen LogP contribution in [0.5, 0.6) is 0 Å². The van der Waals surface area contributed by atoms with E-state index in [-0.39, 0.29) is 5.91 Å². The molecule has 0 aromatic heterocycles. The minimum atomic E-state index is -1.40. The molecule has 0 heterocycles. The Morgan fingerprint density at radius 1 is 1.04 bits per heavy atom. The van der Waals surface area contributed by atoms with Gasteiger partial charge in [-0.05, 0) is 37.5 Å². The van der Waals surface area contributed by atoms with Crippen LogP contribution >= 0.6 is 0 Å². The summed E-state index contributed by atoms with van der Waals surface area (Å²) in [7, 11) is -1.29. The second kappa shape index (κ2) is 7.32. The van der Waals surface area contributed by atoms with Crippen molar-refractivity contribution >= 4 is 24.9 Å². The first-order chi connectivity index (χ1) is 11.2. The van der Waals surface area contributed by atoms with Crippen molar-refractivity contribution in [1.82, 2.24) is 0 Å². The number of hydrogen-bond acceptors (Lipinski definition) is 2. The van der Waals surface area contributed by atoms with Crippen LogP contribution in [-0.2, 0) is 11.2 Å². The lowest BCUT2D eigenvalue weighted by atomic mass is 9.96. The summed E-state index contributed by atoms with van der Waals surface area (Å²) in [5.74, 6) is -0.368. The predicted molar refractivity (Wildman–Crippen MR) is 103 cm³/mol. The Morgan fingerprint density at radius 2 is 1.62 bits per heavy atom. The maximum atomic E-state index is 12.3. The van der Waals surface area contributed by atoms with E-state index in [1.807, 2.05) is 30.3 Å². The van der Waals surface area contributed by atoms with Gasteiger partial charge in [-0.3, -0.25) is 4.79 Å². The molecule has 0 spiro atoms. The fourth-order valence-corrected chi connectivity index (χ4v) is 3.63. The van der Waals surface area contributed by atoms with E-state index in [1.54, 1.807) is 6.92 Å². The smallest absolute Gasteiger partial charge is 0.256 e. The summed E-state index contributed by atoms with van der Waals surface area (Å²) < 4.78 is 0. The molecule has 0 aliphatic rings. The zero-order chi connectivity index (χ0) is 17.8. The number of aryl methyl sites for hydroxylation is 1. The zero-order valence-electron chi connectivity index (χ0n) is 15.0. The highest BCUT2D eigenvalue weighted by Gasteiger charge is 2.29. The van der Waals surface area contributed by atoms with Gasteiger partial charge in [-0.1, -0.05) is 67.3 Å². The number of anilines is 1. The van der Waals surface area contributed by atoms with Gasteiger partial charge in [-0.15, -0.1) is 0 Å². The average Bonchev–Trinajstić information content (AvgIpc) is 2.53. The fraction of sp³-hybridized carbons (Fsp3) is 0.350. The minimum Gasteiger partial charge on any atom is -0.380 e. The van der Waals surface area contributed by atoms with E-state index in [4.69, 9.17) is 0 Å². The highest BCUT2D eigenvalue weighted by molar-refractivity contribution is 6.88. The van der Waals surface area contributed by atoms with Gasteiger partial charge in [-0.2, -0.15) is 0 Å². The van der Waals surface area contributed by atoms with Crippen LogP contribution in [0.15, 0.2) is 54.6 Å². The molecular formula is C20H27NO2Si.